The highest BCUT2D eigenvalue weighted by molar-refractivity contribution is 7.88. The van der Waals surface area contributed by atoms with Crippen LogP contribution in [0.4, 0.5) is 0 Å². The largest absolute Gasteiger partial charge is 0.497 e. The minimum atomic E-state index is -3.53. The van der Waals surface area contributed by atoms with E-state index in [4.69, 9.17) is 16.3 Å². The summed E-state index contributed by atoms with van der Waals surface area (Å²) in [7, 11) is -1.93. The van der Waals surface area contributed by atoms with Crippen LogP contribution >= 0.6 is 11.6 Å². The van der Waals surface area contributed by atoms with Crippen molar-refractivity contribution in [1.29, 1.82) is 0 Å². The summed E-state index contributed by atoms with van der Waals surface area (Å²) in [5.41, 5.74) is 1.51. The second-order valence-electron chi connectivity index (χ2n) is 6.42. The fourth-order valence-electron chi connectivity index (χ4n) is 2.64. The molecule has 0 fully saturated rings. The van der Waals surface area contributed by atoms with Gasteiger partial charge in [0.05, 0.1) is 12.9 Å². The Morgan fingerprint density at radius 1 is 1.08 bits per heavy atom. The summed E-state index contributed by atoms with van der Waals surface area (Å²) in [4.78, 5) is 0. The molecule has 1 atom stereocenters. The maximum absolute atomic E-state index is 12.6. The van der Waals surface area contributed by atoms with Crippen LogP contribution in [0.1, 0.15) is 37.4 Å². The third-order valence-corrected chi connectivity index (χ3v) is 5.55. The molecule has 25 heavy (non-hydrogen) atoms. The standard InChI is InChI=1S/C19H24ClNO3S/c1-14(2)12-19(15-8-10-17(24-3)11-9-15)21-25(22,23)13-16-6-4-5-7-18(16)20/h4-11,14,19,21H,12-13H2,1-3H3. The zero-order valence-corrected chi connectivity index (χ0v) is 16.3. The average molecular weight is 382 g/mol. The minimum Gasteiger partial charge on any atom is -0.497 e. The van der Waals surface area contributed by atoms with Gasteiger partial charge >= 0.3 is 0 Å². The second-order valence-corrected chi connectivity index (χ2v) is 8.58. The zero-order valence-electron chi connectivity index (χ0n) is 14.7. The topological polar surface area (TPSA) is 55.4 Å². The molecule has 0 spiro atoms. The van der Waals surface area contributed by atoms with E-state index in [1.807, 2.05) is 24.3 Å². The molecule has 1 unspecified atom stereocenters. The number of halogens is 1. The van der Waals surface area contributed by atoms with Crippen molar-refractivity contribution >= 4 is 21.6 Å². The Kier molecular flexibility index (Phi) is 6.87. The molecule has 0 amide bonds. The molecule has 2 aromatic carbocycles. The van der Waals surface area contributed by atoms with Crippen LogP contribution in [0, 0.1) is 5.92 Å². The first-order chi connectivity index (χ1) is 11.8. The van der Waals surface area contributed by atoms with Crippen LogP contribution in [0.3, 0.4) is 0 Å². The Balaban J connectivity index is 2.21. The van der Waals surface area contributed by atoms with E-state index in [2.05, 4.69) is 18.6 Å². The van der Waals surface area contributed by atoms with Crippen LogP contribution in [0.2, 0.25) is 5.02 Å². The molecule has 2 aromatic rings. The van der Waals surface area contributed by atoms with Gasteiger partial charge in [-0.15, -0.1) is 0 Å². The van der Waals surface area contributed by atoms with Gasteiger partial charge in [0.25, 0.3) is 0 Å². The molecule has 0 aromatic heterocycles. The lowest BCUT2D eigenvalue weighted by molar-refractivity contribution is 0.414. The maximum Gasteiger partial charge on any atom is 0.216 e. The third kappa shape index (κ3) is 6.03. The molecule has 136 valence electrons. The number of rotatable bonds is 8. The molecule has 0 saturated heterocycles. The molecule has 0 saturated carbocycles. The minimum absolute atomic E-state index is 0.141. The van der Waals surface area contributed by atoms with Crippen molar-refractivity contribution in [2.45, 2.75) is 32.1 Å². The van der Waals surface area contributed by atoms with Gasteiger partial charge in [0.1, 0.15) is 5.75 Å². The molecule has 1 N–H and O–H groups in total. The van der Waals surface area contributed by atoms with Gasteiger partial charge in [-0.25, -0.2) is 13.1 Å². The number of methoxy groups -OCH3 is 1. The highest BCUT2D eigenvalue weighted by Gasteiger charge is 2.22. The molecule has 0 aliphatic heterocycles. The fraction of sp³-hybridized carbons (Fsp3) is 0.368. The molecule has 0 heterocycles. The van der Waals surface area contributed by atoms with Gasteiger partial charge in [0, 0.05) is 11.1 Å². The summed E-state index contributed by atoms with van der Waals surface area (Å²) < 4.78 is 33.3. The maximum atomic E-state index is 12.6. The summed E-state index contributed by atoms with van der Waals surface area (Å²) >= 11 is 6.10. The van der Waals surface area contributed by atoms with Gasteiger partial charge in [-0.1, -0.05) is 55.8 Å². The van der Waals surface area contributed by atoms with E-state index in [9.17, 15) is 8.42 Å². The lowest BCUT2D eigenvalue weighted by Crippen LogP contribution is -2.30. The van der Waals surface area contributed by atoms with Crippen molar-refractivity contribution < 1.29 is 13.2 Å². The van der Waals surface area contributed by atoms with Gasteiger partial charge in [-0.3, -0.25) is 0 Å². The molecule has 6 heteroatoms. The summed E-state index contributed by atoms with van der Waals surface area (Å²) in [5, 5.41) is 0.456. The molecule has 0 bridgehead atoms. The lowest BCUT2D eigenvalue weighted by atomic mass is 9.98. The molecule has 4 nitrogen and oxygen atoms in total. The SMILES string of the molecule is COc1ccc(C(CC(C)C)NS(=O)(=O)Cc2ccccc2Cl)cc1. The quantitative estimate of drug-likeness (QED) is 0.729. The van der Waals surface area contributed by atoms with Gasteiger partial charge < -0.3 is 4.74 Å². The number of ether oxygens (including phenoxy) is 1. The average Bonchev–Trinajstić information content (AvgIpc) is 2.55. The van der Waals surface area contributed by atoms with Crippen LogP contribution in [0.5, 0.6) is 5.75 Å². The van der Waals surface area contributed by atoms with Gasteiger partial charge in [-0.05, 0) is 41.7 Å². The molecule has 0 aliphatic carbocycles. The Morgan fingerprint density at radius 3 is 2.28 bits per heavy atom. The number of hydrogen-bond donors (Lipinski definition) is 1. The Morgan fingerprint density at radius 2 is 1.72 bits per heavy atom. The molecular formula is C19H24ClNO3S. The highest BCUT2D eigenvalue weighted by atomic mass is 35.5. The summed E-state index contributed by atoms with van der Waals surface area (Å²) in [6, 6.07) is 14.2. The predicted molar refractivity (Wildman–Crippen MR) is 102 cm³/mol. The van der Waals surface area contributed by atoms with Crippen molar-refractivity contribution in [3.63, 3.8) is 0 Å². The summed E-state index contributed by atoms with van der Waals surface area (Å²) in [6.07, 6.45) is 0.702. The fourth-order valence-corrected chi connectivity index (χ4v) is 4.33. The normalized spacial score (nSPS) is 13.0. The summed E-state index contributed by atoms with van der Waals surface area (Å²) in [5.74, 6) is 0.943. The Hall–Kier alpha value is -1.56. The molecular weight excluding hydrogens is 358 g/mol. The monoisotopic (exact) mass is 381 g/mol. The van der Waals surface area contributed by atoms with E-state index in [1.165, 1.54) is 0 Å². The van der Waals surface area contributed by atoms with Crippen molar-refractivity contribution in [1.82, 2.24) is 4.72 Å². The molecule has 2 rings (SSSR count). The van der Waals surface area contributed by atoms with E-state index in [1.54, 1.807) is 31.4 Å². The van der Waals surface area contributed by atoms with E-state index in [0.717, 1.165) is 11.3 Å². The smallest absolute Gasteiger partial charge is 0.216 e. The van der Waals surface area contributed by atoms with E-state index in [-0.39, 0.29) is 11.8 Å². The lowest BCUT2D eigenvalue weighted by Gasteiger charge is -2.21. The van der Waals surface area contributed by atoms with Crippen molar-refractivity contribution in [2.75, 3.05) is 7.11 Å². The van der Waals surface area contributed by atoms with E-state index in [0.29, 0.717) is 22.9 Å². The molecule has 0 radical (unpaired) electrons. The van der Waals surface area contributed by atoms with Crippen molar-refractivity contribution in [3.8, 4) is 5.75 Å². The molecule has 0 aliphatic rings. The van der Waals surface area contributed by atoms with Gasteiger partial charge in [0.2, 0.25) is 10.0 Å². The zero-order chi connectivity index (χ0) is 18.4. The van der Waals surface area contributed by atoms with E-state index < -0.39 is 10.0 Å². The van der Waals surface area contributed by atoms with Crippen LogP contribution in [-0.4, -0.2) is 15.5 Å². The van der Waals surface area contributed by atoms with Crippen molar-refractivity contribution in [2.24, 2.45) is 5.92 Å². The van der Waals surface area contributed by atoms with Gasteiger partial charge in [-0.2, -0.15) is 0 Å². The number of nitrogens with one attached hydrogen (secondary N) is 1. The highest BCUT2D eigenvalue weighted by Crippen LogP contribution is 2.25. The second kappa shape index (κ2) is 8.70. The Labute approximate surface area is 155 Å². The van der Waals surface area contributed by atoms with Crippen LogP contribution in [0.15, 0.2) is 48.5 Å². The van der Waals surface area contributed by atoms with Gasteiger partial charge in [0.15, 0.2) is 0 Å². The summed E-state index contributed by atoms with van der Waals surface area (Å²) in [6.45, 7) is 4.14. The third-order valence-electron chi connectivity index (χ3n) is 3.85. The number of sulfonamides is 1. The first-order valence-electron chi connectivity index (χ1n) is 8.18. The first kappa shape index (κ1) is 19.8. The number of hydrogen-bond acceptors (Lipinski definition) is 3. The van der Waals surface area contributed by atoms with Crippen molar-refractivity contribution in [3.05, 3.63) is 64.7 Å². The number of benzene rings is 2. The van der Waals surface area contributed by atoms with Crippen LogP contribution in [0.25, 0.3) is 0 Å². The van der Waals surface area contributed by atoms with Crippen LogP contribution < -0.4 is 9.46 Å². The van der Waals surface area contributed by atoms with Crippen LogP contribution in [-0.2, 0) is 15.8 Å². The first-order valence-corrected chi connectivity index (χ1v) is 10.2. The predicted octanol–water partition coefficient (Wildman–Crippen LogP) is 4.56. The van der Waals surface area contributed by atoms with E-state index >= 15 is 0 Å². The Bertz CT molecular complexity index is 789.